The molecule has 0 atom stereocenters. The molecule has 0 aliphatic carbocycles. The molecule has 0 bridgehead atoms. The summed E-state index contributed by atoms with van der Waals surface area (Å²) >= 11 is 0. The second-order valence-corrected chi connectivity index (χ2v) is 6.52. The maximum atomic E-state index is 6.12. The molecular weight excluding hydrogens is 358 g/mol. The highest BCUT2D eigenvalue weighted by molar-refractivity contribution is 5.53. The van der Waals surface area contributed by atoms with E-state index in [0.29, 0.717) is 23.3 Å². The van der Waals surface area contributed by atoms with Gasteiger partial charge >= 0.3 is 0 Å². The Kier molecular flexibility index (Phi) is 4.00. The van der Waals surface area contributed by atoms with Crippen molar-refractivity contribution in [3.63, 3.8) is 0 Å². The zero-order chi connectivity index (χ0) is 18.9. The van der Waals surface area contributed by atoms with Gasteiger partial charge in [0, 0.05) is 32.4 Å². The molecule has 2 N–H and O–H groups in total. The minimum absolute atomic E-state index is 0.246. The first-order valence-corrected chi connectivity index (χ1v) is 9.13. The summed E-state index contributed by atoms with van der Waals surface area (Å²) in [5.41, 5.74) is 6.12. The molecule has 0 aromatic carbocycles. The van der Waals surface area contributed by atoms with Crippen LogP contribution in [0.5, 0.6) is 0 Å². The number of anilines is 3. The Labute approximate surface area is 160 Å². The third-order valence-electron chi connectivity index (χ3n) is 4.72. The van der Waals surface area contributed by atoms with E-state index in [-0.39, 0.29) is 5.95 Å². The average molecular weight is 377 g/mol. The van der Waals surface area contributed by atoms with Gasteiger partial charge in [0.05, 0.1) is 6.26 Å². The molecule has 28 heavy (non-hydrogen) atoms. The zero-order valence-electron chi connectivity index (χ0n) is 15.1. The fraction of sp³-hybridized carbons (Fsp3) is 0.278. The molecule has 0 unspecified atom stereocenters. The monoisotopic (exact) mass is 377 g/mol. The van der Waals surface area contributed by atoms with E-state index in [0.717, 1.165) is 38.4 Å². The number of fused-ring (bicyclic) bond motifs is 1. The lowest BCUT2D eigenvalue weighted by Gasteiger charge is -2.22. The highest BCUT2D eigenvalue weighted by atomic mass is 16.3. The topological polar surface area (TPSA) is 114 Å². The van der Waals surface area contributed by atoms with Gasteiger partial charge in [-0.15, -0.1) is 5.10 Å². The van der Waals surface area contributed by atoms with Crippen molar-refractivity contribution in [1.82, 2.24) is 29.5 Å². The van der Waals surface area contributed by atoms with Gasteiger partial charge in [0.15, 0.2) is 5.76 Å². The fourth-order valence-corrected chi connectivity index (χ4v) is 3.33. The number of furan rings is 1. The second-order valence-electron chi connectivity index (χ2n) is 6.52. The van der Waals surface area contributed by atoms with Crippen LogP contribution >= 0.6 is 0 Å². The van der Waals surface area contributed by atoms with Crippen LogP contribution < -0.4 is 15.5 Å². The van der Waals surface area contributed by atoms with Gasteiger partial charge in [0.2, 0.25) is 17.7 Å². The molecule has 0 radical (unpaired) electrons. The molecule has 0 amide bonds. The van der Waals surface area contributed by atoms with E-state index < -0.39 is 0 Å². The number of nitrogens with zero attached hydrogens (tertiary/aromatic N) is 8. The third-order valence-corrected chi connectivity index (χ3v) is 4.72. The Bertz CT molecular complexity index is 1080. The van der Waals surface area contributed by atoms with E-state index >= 15 is 0 Å². The fourth-order valence-electron chi connectivity index (χ4n) is 3.33. The van der Waals surface area contributed by atoms with Crippen molar-refractivity contribution in [2.75, 3.05) is 41.7 Å². The standard InChI is InChI=1S/C18H19N9O/c19-16-22-17(23-18-21-15(24-27(16)18)13-5-3-12-28-13)26-9-4-8-25(10-11-26)14-6-1-2-7-20-14/h1-3,5-7,12H,4,8-11H2,(H2,19,21,22,23,24). The molecule has 0 saturated carbocycles. The molecule has 4 aromatic rings. The smallest absolute Gasteiger partial charge is 0.259 e. The van der Waals surface area contributed by atoms with Gasteiger partial charge in [-0.3, -0.25) is 0 Å². The van der Waals surface area contributed by atoms with Crippen molar-refractivity contribution >= 4 is 23.5 Å². The van der Waals surface area contributed by atoms with E-state index in [1.165, 1.54) is 4.52 Å². The molecule has 4 aromatic heterocycles. The van der Waals surface area contributed by atoms with E-state index in [1.807, 2.05) is 24.4 Å². The van der Waals surface area contributed by atoms with E-state index in [4.69, 9.17) is 10.2 Å². The molecule has 10 nitrogen and oxygen atoms in total. The molecule has 1 saturated heterocycles. The lowest BCUT2D eigenvalue weighted by atomic mass is 10.3. The van der Waals surface area contributed by atoms with Crippen LogP contribution in [0, 0.1) is 0 Å². The van der Waals surface area contributed by atoms with Crippen molar-refractivity contribution in [2.24, 2.45) is 0 Å². The van der Waals surface area contributed by atoms with Crippen LogP contribution in [0.2, 0.25) is 0 Å². The summed E-state index contributed by atoms with van der Waals surface area (Å²) in [4.78, 5) is 22.3. The summed E-state index contributed by atoms with van der Waals surface area (Å²) < 4.78 is 6.79. The summed E-state index contributed by atoms with van der Waals surface area (Å²) in [5, 5.41) is 4.34. The molecule has 1 aliphatic rings. The largest absolute Gasteiger partial charge is 0.461 e. The Hall–Kier alpha value is -3.69. The number of hydrogen-bond acceptors (Lipinski definition) is 9. The van der Waals surface area contributed by atoms with Crippen LogP contribution in [0.3, 0.4) is 0 Å². The van der Waals surface area contributed by atoms with Gasteiger partial charge in [-0.05, 0) is 30.7 Å². The molecule has 5 heterocycles. The van der Waals surface area contributed by atoms with Crippen molar-refractivity contribution in [2.45, 2.75) is 6.42 Å². The number of nitrogens with two attached hydrogens (primary N) is 1. The van der Waals surface area contributed by atoms with E-state index in [2.05, 4.69) is 34.8 Å². The first kappa shape index (κ1) is 16.5. The van der Waals surface area contributed by atoms with Gasteiger partial charge in [-0.25, -0.2) is 4.98 Å². The minimum Gasteiger partial charge on any atom is -0.461 e. The molecule has 1 aliphatic heterocycles. The summed E-state index contributed by atoms with van der Waals surface area (Å²) in [6.07, 6.45) is 4.36. The zero-order valence-corrected chi connectivity index (χ0v) is 15.1. The van der Waals surface area contributed by atoms with Gasteiger partial charge < -0.3 is 20.0 Å². The minimum atomic E-state index is 0.246. The number of nitrogen functional groups attached to an aromatic ring is 1. The summed E-state index contributed by atoms with van der Waals surface area (Å²) in [7, 11) is 0. The van der Waals surface area contributed by atoms with E-state index in [1.54, 1.807) is 18.4 Å². The lowest BCUT2D eigenvalue weighted by Crippen LogP contribution is -2.32. The molecule has 10 heteroatoms. The Balaban J connectivity index is 1.41. The Morgan fingerprint density at radius 2 is 1.82 bits per heavy atom. The summed E-state index contributed by atoms with van der Waals surface area (Å²) in [6.45, 7) is 3.36. The van der Waals surface area contributed by atoms with Crippen molar-refractivity contribution < 1.29 is 4.42 Å². The van der Waals surface area contributed by atoms with Gasteiger partial charge in [0.25, 0.3) is 5.78 Å². The Morgan fingerprint density at radius 1 is 0.929 bits per heavy atom. The average Bonchev–Trinajstić information content (AvgIpc) is 3.33. The van der Waals surface area contributed by atoms with Crippen LogP contribution in [0.1, 0.15) is 6.42 Å². The van der Waals surface area contributed by atoms with Gasteiger partial charge in [0.1, 0.15) is 5.82 Å². The normalized spacial score (nSPS) is 15.1. The van der Waals surface area contributed by atoms with Crippen molar-refractivity contribution in [1.29, 1.82) is 0 Å². The predicted molar refractivity (Wildman–Crippen MR) is 104 cm³/mol. The summed E-state index contributed by atoms with van der Waals surface area (Å²) in [6, 6.07) is 9.54. The van der Waals surface area contributed by atoms with Crippen LogP contribution in [0.25, 0.3) is 17.4 Å². The van der Waals surface area contributed by atoms with Crippen molar-refractivity contribution in [3.8, 4) is 11.6 Å². The number of rotatable bonds is 3. The highest BCUT2D eigenvalue weighted by Crippen LogP contribution is 2.20. The first-order chi connectivity index (χ1) is 13.8. The highest BCUT2D eigenvalue weighted by Gasteiger charge is 2.20. The maximum absolute atomic E-state index is 6.12. The summed E-state index contributed by atoms with van der Waals surface area (Å²) in [5.74, 6) is 3.19. The molecule has 142 valence electrons. The van der Waals surface area contributed by atoms with Crippen LogP contribution in [0.15, 0.2) is 47.2 Å². The predicted octanol–water partition coefficient (Wildman–Crippen LogP) is 1.47. The van der Waals surface area contributed by atoms with Crippen LogP contribution in [-0.4, -0.2) is 55.7 Å². The van der Waals surface area contributed by atoms with Crippen molar-refractivity contribution in [3.05, 3.63) is 42.8 Å². The second kappa shape index (κ2) is 6.80. The SMILES string of the molecule is Nc1nc(N2CCCN(c3ccccn3)CC2)nc2nc(-c3ccco3)nn12. The lowest BCUT2D eigenvalue weighted by molar-refractivity contribution is 0.577. The molecule has 1 fully saturated rings. The number of pyridine rings is 1. The first-order valence-electron chi connectivity index (χ1n) is 9.13. The molecule has 0 spiro atoms. The quantitative estimate of drug-likeness (QED) is 0.567. The van der Waals surface area contributed by atoms with Crippen LogP contribution in [-0.2, 0) is 0 Å². The maximum Gasteiger partial charge on any atom is 0.259 e. The van der Waals surface area contributed by atoms with Gasteiger partial charge in [-0.1, -0.05) is 6.07 Å². The van der Waals surface area contributed by atoms with Gasteiger partial charge in [-0.2, -0.15) is 19.5 Å². The third kappa shape index (κ3) is 2.98. The molecular formula is C18H19N9O. The number of hydrogen-bond donors (Lipinski definition) is 1. The Morgan fingerprint density at radius 3 is 2.64 bits per heavy atom. The number of aromatic nitrogens is 6. The molecule has 5 rings (SSSR count). The van der Waals surface area contributed by atoms with Crippen LogP contribution in [0.4, 0.5) is 17.7 Å². The van der Waals surface area contributed by atoms with E-state index in [9.17, 15) is 0 Å².